The van der Waals surface area contributed by atoms with Crippen LogP contribution in [0.15, 0.2) is 29.2 Å². The second-order valence-electron chi connectivity index (χ2n) is 4.52. The third-order valence-electron chi connectivity index (χ3n) is 3.23. The van der Waals surface area contributed by atoms with E-state index < -0.39 is 0 Å². The first-order valence-electron chi connectivity index (χ1n) is 6.35. The molecule has 2 heteroatoms. The molecular weight excluding hydrogens is 214 g/mol. The molecule has 0 saturated heterocycles. The summed E-state index contributed by atoms with van der Waals surface area (Å²) in [6, 6.07) is 8.74. The molecule has 0 aromatic heterocycles. The highest BCUT2D eigenvalue weighted by Gasteiger charge is 2.15. The molecule has 0 radical (unpaired) electrons. The van der Waals surface area contributed by atoms with Gasteiger partial charge in [-0.05, 0) is 37.4 Å². The average molecular weight is 235 g/mol. The van der Waals surface area contributed by atoms with Crippen LogP contribution in [-0.4, -0.2) is 11.8 Å². The maximum absolute atomic E-state index is 5.65. The molecule has 0 spiro atoms. The Morgan fingerprint density at radius 2 is 1.88 bits per heavy atom. The molecule has 1 nitrogen and oxygen atoms in total. The standard InChI is InChI=1S/C14H21NS/c15-11-10-12-6-4-5-9-14(12)16-13-7-2-1-3-8-13/h4-6,9,13H,1-3,7-8,10-11,15H2. The lowest BCUT2D eigenvalue weighted by Gasteiger charge is -2.22. The van der Waals surface area contributed by atoms with Gasteiger partial charge in [-0.1, -0.05) is 37.5 Å². The molecule has 1 aliphatic rings. The van der Waals surface area contributed by atoms with Gasteiger partial charge in [0.1, 0.15) is 0 Å². The van der Waals surface area contributed by atoms with Crippen molar-refractivity contribution >= 4 is 11.8 Å². The molecule has 0 bridgehead atoms. The number of nitrogens with two attached hydrogens (primary N) is 1. The van der Waals surface area contributed by atoms with E-state index in [-0.39, 0.29) is 0 Å². The fraction of sp³-hybridized carbons (Fsp3) is 0.571. The van der Waals surface area contributed by atoms with E-state index in [2.05, 4.69) is 36.0 Å². The van der Waals surface area contributed by atoms with Crippen LogP contribution >= 0.6 is 11.8 Å². The summed E-state index contributed by atoms with van der Waals surface area (Å²) in [6.07, 6.45) is 8.05. The van der Waals surface area contributed by atoms with Crippen molar-refractivity contribution in [3.63, 3.8) is 0 Å². The molecule has 88 valence electrons. The number of rotatable bonds is 4. The zero-order valence-corrected chi connectivity index (χ0v) is 10.6. The summed E-state index contributed by atoms with van der Waals surface area (Å²) in [4.78, 5) is 1.46. The fourth-order valence-corrected chi connectivity index (χ4v) is 3.75. The van der Waals surface area contributed by atoms with Crippen LogP contribution in [0.5, 0.6) is 0 Å². The molecule has 1 aromatic rings. The smallest absolute Gasteiger partial charge is 0.0107 e. The Morgan fingerprint density at radius 3 is 2.62 bits per heavy atom. The third-order valence-corrected chi connectivity index (χ3v) is 4.69. The molecule has 0 aliphatic heterocycles. The molecule has 0 unspecified atom stereocenters. The summed E-state index contributed by atoms with van der Waals surface area (Å²) in [5, 5.41) is 0.840. The van der Waals surface area contributed by atoms with Gasteiger partial charge >= 0.3 is 0 Å². The van der Waals surface area contributed by atoms with Crippen LogP contribution in [0.2, 0.25) is 0 Å². The molecule has 16 heavy (non-hydrogen) atoms. The molecule has 1 aliphatic carbocycles. The minimum Gasteiger partial charge on any atom is -0.330 e. The average Bonchev–Trinajstić information content (AvgIpc) is 2.33. The van der Waals surface area contributed by atoms with E-state index >= 15 is 0 Å². The summed E-state index contributed by atoms with van der Waals surface area (Å²) in [7, 11) is 0. The molecule has 2 N–H and O–H groups in total. The Hall–Kier alpha value is -0.470. The summed E-state index contributed by atoms with van der Waals surface area (Å²) < 4.78 is 0. The van der Waals surface area contributed by atoms with E-state index in [9.17, 15) is 0 Å². The van der Waals surface area contributed by atoms with E-state index in [0.717, 1.165) is 18.2 Å². The van der Waals surface area contributed by atoms with Gasteiger partial charge in [-0.3, -0.25) is 0 Å². The Labute approximate surface area is 103 Å². The first kappa shape index (κ1) is 12.0. The normalized spacial score (nSPS) is 17.6. The Kier molecular flexibility index (Phi) is 4.73. The zero-order valence-electron chi connectivity index (χ0n) is 9.82. The van der Waals surface area contributed by atoms with Gasteiger partial charge in [0.15, 0.2) is 0 Å². The van der Waals surface area contributed by atoms with Crippen LogP contribution in [0.4, 0.5) is 0 Å². The van der Waals surface area contributed by atoms with Crippen LogP contribution in [0, 0.1) is 0 Å². The van der Waals surface area contributed by atoms with E-state index in [0.29, 0.717) is 0 Å². The van der Waals surface area contributed by atoms with Crippen LogP contribution in [0.25, 0.3) is 0 Å². The molecule has 0 atom stereocenters. The first-order valence-corrected chi connectivity index (χ1v) is 7.23. The van der Waals surface area contributed by atoms with E-state index in [1.807, 2.05) is 0 Å². The minimum atomic E-state index is 0.752. The second-order valence-corrected chi connectivity index (χ2v) is 5.87. The predicted octanol–water partition coefficient (Wildman–Crippen LogP) is 3.61. The lowest BCUT2D eigenvalue weighted by Crippen LogP contribution is -2.09. The van der Waals surface area contributed by atoms with Gasteiger partial charge in [-0.15, -0.1) is 11.8 Å². The number of hydrogen-bond acceptors (Lipinski definition) is 2. The highest BCUT2D eigenvalue weighted by molar-refractivity contribution is 8.00. The van der Waals surface area contributed by atoms with Crippen LogP contribution in [-0.2, 0) is 6.42 Å². The van der Waals surface area contributed by atoms with Crippen molar-refractivity contribution in [1.82, 2.24) is 0 Å². The highest BCUT2D eigenvalue weighted by Crippen LogP contribution is 2.35. The number of benzene rings is 1. The topological polar surface area (TPSA) is 26.0 Å². The van der Waals surface area contributed by atoms with Crippen molar-refractivity contribution < 1.29 is 0 Å². The summed E-state index contributed by atoms with van der Waals surface area (Å²) in [5.74, 6) is 0. The molecular formula is C14H21NS. The van der Waals surface area contributed by atoms with Crippen molar-refractivity contribution in [2.75, 3.05) is 6.54 Å². The van der Waals surface area contributed by atoms with Crippen LogP contribution < -0.4 is 5.73 Å². The Balaban J connectivity index is 2.01. The second kappa shape index (κ2) is 6.31. The molecule has 1 saturated carbocycles. The van der Waals surface area contributed by atoms with Crippen molar-refractivity contribution in [3.05, 3.63) is 29.8 Å². The molecule has 0 heterocycles. The molecule has 2 rings (SSSR count). The first-order chi connectivity index (χ1) is 7.90. The quantitative estimate of drug-likeness (QED) is 0.862. The van der Waals surface area contributed by atoms with Crippen molar-refractivity contribution in [3.8, 4) is 0 Å². The van der Waals surface area contributed by atoms with Gasteiger partial charge in [0, 0.05) is 10.1 Å². The zero-order chi connectivity index (χ0) is 11.2. The van der Waals surface area contributed by atoms with Crippen molar-refractivity contribution in [2.24, 2.45) is 5.73 Å². The lowest BCUT2D eigenvalue weighted by atomic mass is 10.0. The van der Waals surface area contributed by atoms with E-state index in [1.165, 1.54) is 42.6 Å². The minimum absolute atomic E-state index is 0.752. The number of thioether (sulfide) groups is 1. The predicted molar refractivity (Wildman–Crippen MR) is 71.9 cm³/mol. The van der Waals surface area contributed by atoms with Gasteiger partial charge in [0.2, 0.25) is 0 Å². The van der Waals surface area contributed by atoms with Crippen molar-refractivity contribution in [1.29, 1.82) is 0 Å². The summed E-state index contributed by atoms with van der Waals surface area (Å²) >= 11 is 2.08. The monoisotopic (exact) mass is 235 g/mol. The van der Waals surface area contributed by atoms with Gasteiger partial charge < -0.3 is 5.73 Å². The van der Waals surface area contributed by atoms with Crippen LogP contribution in [0.1, 0.15) is 37.7 Å². The summed E-state index contributed by atoms with van der Waals surface area (Å²) in [5.41, 5.74) is 7.08. The third kappa shape index (κ3) is 3.26. The van der Waals surface area contributed by atoms with Gasteiger partial charge in [-0.25, -0.2) is 0 Å². The maximum Gasteiger partial charge on any atom is 0.0107 e. The molecule has 0 amide bonds. The van der Waals surface area contributed by atoms with Gasteiger partial charge in [-0.2, -0.15) is 0 Å². The van der Waals surface area contributed by atoms with Gasteiger partial charge in [0.05, 0.1) is 0 Å². The lowest BCUT2D eigenvalue weighted by molar-refractivity contribution is 0.516. The SMILES string of the molecule is NCCc1ccccc1SC1CCCCC1. The Morgan fingerprint density at radius 1 is 1.12 bits per heavy atom. The van der Waals surface area contributed by atoms with E-state index in [4.69, 9.17) is 5.73 Å². The van der Waals surface area contributed by atoms with Crippen LogP contribution in [0.3, 0.4) is 0 Å². The van der Waals surface area contributed by atoms with E-state index in [1.54, 1.807) is 0 Å². The summed E-state index contributed by atoms with van der Waals surface area (Å²) in [6.45, 7) is 0.752. The number of hydrogen-bond donors (Lipinski definition) is 1. The highest BCUT2D eigenvalue weighted by atomic mass is 32.2. The molecule has 1 fully saturated rings. The fourth-order valence-electron chi connectivity index (χ4n) is 2.34. The Bertz CT molecular complexity index is 318. The maximum atomic E-state index is 5.65. The van der Waals surface area contributed by atoms with Crippen molar-refractivity contribution in [2.45, 2.75) is 48.7 Å². The van der Waals surface area contributed by atoms with Gasteiger partial charge in [0.25, 0.3) is 0 Å². The molecule has 1 aromatic carbocycles. The largest absolute Gasteiger partial charge is 0.330 e.